The van der Waals surface area contributed by atoms with E-state index in [1.165, 1.54) is 13.0 Å². The minimum absolute atomic E-state index is 0.214. The summed E-state index contributed by atoms with van der Waals surface area (Å²) in [4.78, 5) is 22.9. The van der Waals surface area contributed by atoms with Gasteiger partial charge in [0, 0.05) is 11.5 Å². The standard InChI is InChI=1S/C14H12O4/c1-3-8-17-11-6-4-10-5-7-12(16)18-14(10)13(11)9(2)15/h3-7H,1,8H2,2H3. The van der Waals surface area contributed by atoms with Crippen LogP contribution in [0.1, 0.15) is 17.3 Å². The molecule has 0 saturated carbocycles. The molecule has 0 amide bonds. The second kappa shape index (κ2) is 4.87. The van der Waals surface area contributed by atoms with Gasteiger partial charge in [-0.1, -0.05) is 12.7 Å². The van der Waals surface area contributed by atoms with E-state index in [1.807, 2.05) is 0 Å². The van der Waals surface area contributed by atoms with Gasteiger partial charge in [0.05, 0.1) is 0 Å². The summed E-state index contributed by atoms with van der Waals surface area (Å²) in [7, 11) is 0. The van der Waals surface area contributed by atoms with Crippen LogP contribution >= 0.6 is 0 Å². The summed E-state index contributed by atoms with van der Waals surface area (Å²) in [5, 5.41) is 0.686. The molecular weight excluding hydrogens is 232 g/mol. The Balaban J connectivity index is 2.72. The molecule has 0 aliphatic carbocycles. The van der Waals surface area contributed by atoms with Gasteiger partial charge < -0.3 is 9.15 Å². The van der Waals surface area contributed by atoms with Gasteiger partial charge >= 0.3 is 5.63 Å². The van der Waals surface area contributed by atoms with Gasteiger partial charge in [0.1, 0.15) is 17.9 Å². The van der Waals surface area contributed by atoms with Crippen molar-refractivity contribution in [2.45, 2.75) is 6.92 Å². The van der Waals surface area contributed by atoms with Crippen LogP contribution in [0.2, 0.25) is 0 Å². The monoisotopic (exact) mass is 244 g/mol. The van der Waals surface area contributed by atoms with Crippen molar-refractivity contribution in [3.05, 3.63) is 52.9 Å². The molecule has 1 heterocycles. The Morgan fingerprint density at radius 1 is 1.39 bits per heavy atom. The molecule has 0 N–H and O–H groups in total. The Hall–Kier alpha value is -2.36. The smallest absolute Gasteiger partial charge is 0.336 e. The Kier molecular flexibility index (Phi) is 3.28. The van der Waals surface area contributed by atoms with Crippen molar-refractivity contribution in [1.29, 1.82) is 0 Å². The van der Waals surface area contributed by atoms with Gasteiger partial charge in [-0.25, -0.2) is 4.79 Å². The molecule has 4 nitrogen and oxygen atoms in total. The Labute approximate surface area is 103 Å². The fourth-order valence-corrected chi connectivity index (χ4v) is 1.72. The summed E-state index contributed by atoms with van der Waals surface area (Å²) in [5.74, 6) is 0.179. The summed E-state index contributed by atoms with van der Waals surface area (Å²) >= 11 is 0. The molecule has 0 saturated heterocycles. The van der Waals surface area contributed by atoms with Gasteiger partial charge in [-0.3, -0.25) is 4.79 Å². The van der Waals surface area contributed by atoms with Crippen molar-refractivity contribution >= 4 is 16.8 Å². The second-order valence-corrected chi connectivity index (χ2v) is 3.77. The third-order valence-electron chi connectivity index (χ3n) is 2.46. The van der Waals surface area contributed by atoms with E-state index in [0.717, 1.165) is 0 Å². The summed E-state index contributed by atoms with van der Waals surface area (Å²) in [6.45, 7) is 5.23. The number of fused-ring (bicyclic) bond motifs is 1. The fraction of sp³-hybridized carbons (Fsp3) is 0.143. The van der Waals surface area contributed by atoms with E-state index in [2.05, 4.69) is 6.58 Å². The Morgan fingerprint density at radius 2 is 2.11 bits per heavy atom. The highest BCUT2D eigenvalue weighted by Gasteiger charge is 2.15. The molecule has 0 aliphatic rings. The highest BCUT2D eigenvalue weighted by molar-refractivity contribution is 6.07. The second-order valence-electron chi connectivity index (χ2n) is 3.77. The number of ketones is 1. The molecular formula is C14H12O4. The van der Waals surface area contributed by atoms with Gasteiger partial charge in [0.2, 0.25) is 0 Å². The molecule has 1 aromatic heterocycles. The zero-order valence-electron chi connectivity index (χ0n) is 9.93. The first kappa shape index (κ1) is 12.1. The van der Waals surface area contributed by atoms with E-state index in [1.54, 1.807) is 24.3 Å². The molecule has 92 valence electrons. The summed E-state index contributed by atoms with van der Waals surface area (Å²) in [5.41, 5.74) is 0.0504. The molecule has 0 unspecified atom stereocenters. The number of hydrogen-bond donors (Lipinski definition) is 0. The SMILES string of the molecule is C=CCOc1ccc2ccc(=O)oc2c1C(C)=O. The first-order valence-electron chi connectivity index (χ1n) is 5.45. The van der Waals surface area contributed by atoms with Crippen molar-refractivity contribution in [2.75, 3.05) is 6.61 Å². The normalized spacial score (nSPS) is 10.3. The third kappa shape index (κ3) is 2.18. The molecule has 0 radical (unpaired) electrons. The molecule has 4 heteroatoms. The maximum Gasteiger partial charge on any atom is 0.336 e. The van der Waals surface area contributed by atoms with E-state index in [0.29, 0.717) is 11.1 Å². The highest BCUT2D eigenvalue weighted by Crippen LogP contribution is 2.27. The predicted octanol–water partition coefficient (Wildman–Crippen LogP) is 2.56. The van der Waals surface area contributed by atoms with Crippen molar-refractivity contribution < 1.29 is 13.9 Å². The lowest BCUT2D eigenvalue weighted by Gasteiger charge is -2.09. The molecule has 2 rings (SSSR count). The number of carbonyl (C=O) groups excluding carboxylic acids is 1. The lowest BCUT2D eigenvalue weighted by molar-refractivity contribution is 0.101. The van der Waals surface area contributed by atoms with Gasteiger partial charge in [0.25, 0.3) is 0 Å². The van der Waals surface area contributed by atoms with E-state index in [4.69, 9.17) is 9.15 Å². The Morgan fingerprint density at radius 3 is 2.78 bits per heavy atom. The van der Waals surface area contributed by atoms with Gasteiger partial charge in [-0.15, -0.1) is 0 Å². The lowest BCUT2D eigenvalue weighted by Crippen LogP contribution is -2.04. The quantitative estimate of drug-likeness (QED) is 0.471. The average Bonchev–Trinajstić information content (AvgIpc) is 2.34. The highest BCUT2D eigenvalue weighted by atomic mass is 16.5. The van der Waals surface area contributed by atoms with Crippen LogP contribution in [0.25, 0.3) is 11.0 Å². The van der Waals surface area contributed by atoms with Gasteiger partial charge in [-0.2, -0.15) is 0 Å². The summed E-state index contributed by atoms with van der Waals surface area (Å²) in [6.07, 6.45) is 1.58. The zero-order chi connectivity index (χ0) is 13.1. The summed E-state index contributed by atoms with van der Waals surface area (Å²) < 4.78 is 10.5. The van der Waals surface area contributed by atoms with Crippen LogP contribution in [0.5, 0.6) is 5.75 Å². The van der Waals surface area contributed by atoms with Crippen LogP contribution in [0.3, 0.4) is 0 Å². The van der Waals surface area contributed by atoms with Gasteiger partial charge in [0.15, 0.2) is 11.4 Å². The summed E-state index contributed by atoms with van der Waals surface area (Å²) in [6, 6.07) is 6.35. The zero-order valence-corrected chi connectivity index (χ0v) is 9.93. The predicted molar refractivity (Wildman–Crippen MR) is 68.2 cm³/mol. The molecule has 18 heavy (non-hydrogen) atoms. The first-order valence-corrected chi connectivity index (χ1v) is 5.45. The molecule has 0 aliphatic heterocycles. The number of hydrogen-bond acceptors (Lipinski definition) is 4. The Bertz CT molecular complexity index is 667. The van der Waals surface area contributed by atoms with Crippen molar-refractivity contribution in [1.82, 2.24) is 0 Å². The number of Topliss-reactive ketones (excluding diaryl/α,β-unsaturated/α-hetero) is 1. The van der Waals surface area contributed by atoms with Crippen molar-refractivity contribution in [2.24, 2.45) is 0 Å². The maximum atomic E-state index is 11.7. The number of ether oxygens (including phenoxy) is 1. The molecule has 0 bridgehead atoms. The van der Waals surface area contributed by atoms with E-state index < -0.39 is 5.63 Å². The molecule has 2 aromatic rings. The number of benzene rings is 1. The van der Waals surface area contributed by atoms with Crippen LogP contribution in [0.4, 0.5) is 0 Å². The number of carbonyl (C=O) groups is 1. The molecule has 0 spiro atoms. The molecule has 1 aromatic carbocycles. The molecule has 0 fully saturated rings. The molecule has 0 atom stereocenters. The van der Waals surface area contributed by atoms with E-state index in [-0.39, 0.29) is 23.5 Å². The topological polar surface area (TPSA) is 56.5 Å². The maximum absolute atomic E-state index is 11.7. The minimum Gasteiger partial charge on any atom is -0.489 e. The fourth-order valence-electron chi connectivity index (χ4n) is 1.72. The van der Waals surface area contributed by atoms with Crippen LogP contribution in [-0.4, -0.2) is 12.4 Å². The van der Waals surface area contributed by atoms with Crippen molar-refractivity contribution in [3.8, 4) is 5.75 Å². The van der Waals surface area contributed by atoms with Crippen molar-refractivity contribution in [3.63, 3.8) is 0 Å². The number of rotatable bonds is 4. The van der Waals surface area contributed by atoms with Crippen LogP contribution in [0.15, 0.2) is 46.1 Å². The minimum atomic E-state index is -0.495. The van der Waals surface area contributed by atoms with Crippen LogP contribution in [-0.2, 0) is 0 Å². The van der Waals surface area contributed by atoms with Crippen LogP contribution < -0.4 is 10.4 Å². The third-order valence-corrected chi connectivity index (χ3v) is 2.46. The van der Waals surface area contributed by atoms with Crippen LogP contribution in [0, 0.1) is 0 Å². The largest absolute Gasteiger partial charge is 0.489 e. The average molecular weight is 244 g/mol. The lowest BCUT2D eigenvalue weighted by atomic mass is 10.1. The first-order chi connectivity index (χ1) is 8.63. The van der Waals surface area contributed by atoms with E-state index >= 15 is 0 Å². The van der Waals surface area contributed by atoms with Gasteiger partial charge in [-0.05, 0) is 25.1 Å². The van der Waals surface area contributed by atoms with E-state index in [9.17, 15) is 9.59 Å².